The number of benzene rings is 1. The second kappa shape index (κ2) is 6.79. The molecule has 3 nitrogen and oxygen atoms in total. The minimum Gasteiger partial charge on any atom is -0.356 e. The van der Waals surface area contributed by atoms with Crippen LogP contribution in [0.15, 0.2) is 18.2 Å². The Morgan fingerprint density at radius 1 is 1.40 bits per heavy atom. The van der Waals surface area contributed by atoms with Gasteiger partial charge in [0.15, 0.2) is 11.6 Å². The second-order valence-corrected chi connectivity index (χ2v) is 5.46. The number of carbonyl (C=O) groups excluding carboxylic acids is 1. The molecular formula is C15H20F2N2O. The molecule has 0 bridgehead atoms. The van der Waals surface area contributed by atoms with Crippen LogP contribution in [0.5, 0.6) is 0 Å². The van der Waals surface area contributed by atoms with Crippen molar-refractivity contribution in [2.45, 2.75) is 19.8 Å². The normalized spacial score (nSPS) is 22.6. The van der Waals surface area contributed by atoms with Gasteiger partial charge in [0.2, 0.25) is 5.91 Å². The van der Waals surface area contributed by atoms with Gasteiger partial charge in [0.25, 0.3) is 0 Å². The molecule has 2 rings (SSSR count). The van der Waals surface area contributed by atoms with Crippen molar-refractivity contribution in [3.63, 3.8) is 0 Å². The van der Waals surface area contributed by atoms with E-state index in [9.17, 15) is 13.6 Å². The highest BCUT2D eigenvalue weighted by Crippen LogP contribution is 2.17. The van der Waals surface area contributed by atoms with Gasteiger partial charge in [0.05, 0.1) is 6.42 Å². The fraction of sp³-hybridized carbons (Fsp3) is 0.533. The highest BCUT2D eigenvalue weighted by atomic mass is 19.2. The minimum absolute atomic E-state index is 0.0799. The molecule has 1 aromatic carbocycles. The highest BCUT2D eigenvalue weighted by molar-refractivity contribution is 5.78. The molecule has 5 heteroatoms. The van der Waals surface area contributed by atoms with Gasteiger partial charge in [-0.25, -0.2) is 8.78 Å². The lowest BCUT2D eigenvalue weighted by Gasteiger charge is -2.29. The predicted octanol–water partition coefficient (Wildman–Crippen LogP) is 1.87. The van der Waals surface area contributed by atoms with E-state index < -0.39 is 11.6 Å². The van der Waals surface area contributed by atoms with Gasteiger partial charge in [-0.05, 0) is 49.0 Å². The Morgan fingerprint density at radius 2 is 2.20 bits per heavy atom. The molecule has 110 valence electrons. The number of hydrogen-bond acceptors (Lipinski definition) is 2. The summed E-state index contributed by atoms with van der Waals surface area (Å²) >= 11 is 0. The quantitative estimate of drug-likeness (QED) is 0.885. The van der Waals surface area contributed by atoms with E-state index in [2.05, 4.69) is 17.6 Å². The molecule has 1 saturated heterocycles. The van der Waals surface area contributed by atoms with E-state index in [0.717, 1.165) is 31.6 Å². The molecule has 0 saturated carbocycles. The van der Waals surface area contributed by atoms with Crippen LogP contribution in [0.1, 0.15) is 18.9 Å². The van der Waals surface area contributed by atoms with Crippen LogP contribution in [-0.4, -0.2) is 25.5 Å². The first kappa shape index (κ1) is 14.9. The van der Waals surface area contributed by atoms with Crippen LogP contribution in [0.2, 0.25) is 0 Å². The average Bonchev–Trinajstić information content (AvgIpc) is 2.42. The SMILES string of the molecule is CC1CNCCC1CNC(=O)Cc1ccc(F)c(F)c1. The van der Waals surface area contributed by atoms with Crippen molar-refractivity contribution in [1.29, 1.82) is 0 Å². The van der Waals surface area contributed by atoms with Crippen LogP contribution < -0.4 is 10.6 Å². The summed E-state index contributed by atoms with van der Waals surface area (Å²) in [4.78, 5) is 11.8. The van der Waals surface area contributed by atoms with Crippen LogP contribution in [0.4, 0.5) is 8.78 Å². The van der Waals surface area contributed by atoms with Gasteiger partial charge in [0.1, 0.15) is 0 Å². The molecule has 2 atom stereocenters. The molecule has 0 aliphatic carbocycles. The van der Waals surface area contributed by atoms with Gasteiger partial charge >= 0.3 is 0 Å². The average molecular weight is 282 g/mol. The molecule has 1 amide bonds. The number of carbonyl (C=O) groups is 1. The Labute approximate surface area is 117 Å². The lowest BCUT2D eigenvalue weighted by Crippen LogP contribution is -2.41. The topological polar surface area (TPSA) is 41.1 Å². The van der Waals surface area contributed by atoms with Crippen molar-refractivity contribution in [2.75, 3.05) is 19.6 Å². The summed E-state index contributed by atoms with van der Waals surface area (Å²) in [5.41, 5.74) is 0.486. The summed E-state index contributed by atoms with van der Waals surface area (Å²) in [6.07, 6.45) is 1.13. The number of rotatable bonds is 4. The minimum atomic E-state index is -0.915. The van der Waals surface area contributed by atoms with E-state index in [4.69, 9.17) is 0 Å². The number of piperidine rings is 1. The first-order chi connectivity index (χ1) is 9.56. The fourth-order valence-corrected chi connectivity index (χ4v) is 2.51. The van der Waals surface area contributed by atoms with E-state index in [1.807, 2.05) is 0 Å². The van der Waals surface area contributed by atoms with Gasteiger partial charge in [-0.3, -0.25) is 4.79 Å². The Bertz CT molecular complexity index is 479. The molecule has 0 radical (unpaired) electrons. The van der Waals surface area contributed by atoms with Gasteiger partial charge < -0.3 is 10.6 Å². The van der Waals surface area contributed by atoms with Gasteiger partial charge in [-0.15, -0.1) is 0 Å². The number of halogens is 2. The maximum Gasteiger partial charge on any atom is 0.224 e. The Hall–Kier alpha value is -1.49. The van der Waals surface area contributed by atoms with Crippen LogP contribution in [0.3, 0.4) is 0 Å². The second-order valence-electron chi connectivity index (χ2n) is 5.46. The largest absolute Gasteiger partial charge is 0.356 e. The van der Waals surface area contributed by atoms with E-state index in [1.165, 1.54) is 6.07 Å². The molecular weight excluding hydrogens is 262 g/mol. The fourth-order valence-electron chi connectivity index (χ4n) is 2.51. The van der Waals surface area contributed by atoms with Crippen molar-refractivity contribution >= 4 is 5.91 Å². The lowest BCUT2D eigenvalue weighted by molar-refractivity contribution is -0.120. The standard InChI is InChI=1S/C15H20F2N2O/c1-10-8-18-5-4-12(10)9-19-15(20)7-11-2-3-13(16)14(17)6-11/h2-3,6,10,12,18H,4-5,7-9H2,1H3,(H,19,20). The summed E-state index contributed by atoms with van der Waals surface area (Å²) < 4.78 is 25.8. The van der Waals surface area contributed by atoms with Crippen LogP contribution in [0.25, 0.3) is 0 Å². The van der Waals surface area contributed by atoms with Crippen LogP contribution in [-0.2, 0) is 11.2 Å². The van der Waals surface area contributed by atoms with Gasteiger partial charge in [-0.2, -0.15) is 0 Å². The summed E-state index contributed by atoms with van der Waals surface area (Å²) in [6.45, 7) is 4.77. The monoisotopic (exact) mass is 282 g/mol. The van der Waals surface area contributed by atoms with Crippen LogP contribution in [0, 0.1) is 23.5 Å². The summed E-state index contributed by atoms with van der Waals surface area (Å²) in [5.74, 6) is -0.945. The molecule has 1 aromatic rings. The number of hydrogen-bond donors (Lipinski definition) is 2. The van der Waals surface area contributed by atoms with Crippen molar-refractivity contribution < 1.29 is 13.6 Å². The van der Waals surface area contributed by atoms with Crippen molar-refractivity contribution in [3.8, 4) is 0 Å². The third kappa shape index (κ3) is 4.00. The molecule has 2 unspecified atom stereocenters. The van der Waals surface area contributed by atoms with E-state index in [-0.39, 0.29) is 12.3 Å². The predicted molar refractivity (Wildman–Crippen MR) is 73.2 cm³/mol. The molecule has 2 N–H and O–H groups in total. The Kier molecular flexibility index (Phi) is 5.06. The summed E-state index contributed by atoms with van der Waals surface area (Å²) in [5, 5.41) is 6.20. The zero-order chi connectivity index (χ0) is 14.5. The molecule has 20 heavy (non-hydrogen) atoms. The third-order valence-corrected chi connectivity index (χ3v) is 3.87. The Morgan fingerprint density at radius 3 is 2.90 bits per heavy atom. The zero-order valence-corrected chi connectivity index (χ0v) is 11.6. The smallest absolute Gasteiger partial charge is 0.224 e. The molecule has 0 aromatic heterocycles. The Balaban J connectivity index is 1.81. The number of amides is 1. The zero-order valence-electron chi connectivity index (χ0n) is 11.6. The first-order valence-electron chi connectivity index (χ1n) is 6.97. The molecule has 1 aliphatic rings. The lowest BCUT2D eigenvalue weighted by atomic mass is 9.88. The molecule has 1 fully saturated rings. The maximum atomic E-state index is 13.0. The summed E-state index contributed by atoms with van der Waals surface area (Å²) in [7, 11) is 0. The van der Waals surface area contributed by atoms with E-state index in [0.29, 0.717) is 23.9 Å². The number of nitrogens with one attached hydrogen (secondary N) is 2. The first-order valence-corrected chi connectivity index (χ1v) is 6.97. The summed E-state index contributed by atoms with van der Waals surface area (Å²) in [6, 6.07) is 3.56. The molecule has 1 aliphatic heterocycles. The van der Waals surface area contributed by atoms with E-state index in [1.54, 1.807) is 0 Å². The van der Waals surface area contributed by atoms with Gasteiger partial charge in [0, 0.05) is 6.54 Å². The van der Waals surface area contributed by atoms with Crippen molar-refractivity contribution in [2.24, 2.45) is 11.8 Å². The molecule has 0 spiro atoms. The van der Waals surface area contributed by atoms with Crippen molar-refractivity contribution in [3.05, 3.63) is 35.4 Å². The van der Waals surface area contributed by atoms with E-state index >= 15 is 0 Å². The maximum absolute atomic E-state index is 13.0. The molecule has 1 heterocycles. The van der Waals surface area contributed by atoms with Gasteiger partial charge in [-0.1, -0.05) is 13.0 Å². The van der Waals surface area contributed by atoms with Crippen LogP contribution >= 0.6 is 0 Å². The third-order valence-electron chi connectivity index (χ3n) is 3.87. The van der Waals surface area contributed by atoms with Crippen molar-refractivity contribution in [1.82, 2.24) is 10.6 Å². The highest BCUT2D eigenvalue weighted by Gasteiger charge is 2.21.